The number of nitrogens with one attached hydrogen (secondary N) is 1. The van der Waals surface area contributed by atoms with E-state index in [4.69, 9.17) is 0 Å². The summed E-state index contributed by atoms with van der Waals surface area (Å²) in [4.78, 5) is 11.7. The van der Waals surface area contributed by atoms with Crippen LogP contribution in [0.15, 0.2) is 18.2 Å². The number of benzene rings is 1. The Bertz CT molecular complexity index is 644. The van der Waals surface area contributed by atoms with Crippen molar-refractivity contribution in [3.63, 3.8) is 0 Å². The highest BCUT2D eigenvalue weighted by molar-refractivity contribution is 7.93. The van der Waals surface area contributed by atoms with Crippen molar-refractivity contribution in [3.8, 4) is 0 Å². The molecule has 0 aliphatic heterocycles. The summed E-state index contributed by atoms with van der Waals surface area (Å²) in [5.74, 6) is -1.57. The summed E-state index contributed by atoms with van der Waals surface area (Å²) in [6.07, 6.45) is 1.57. The van der Waals surface area contributed by atoms with Gasteiger partial charge in [0.25, 0.3) is 0 Å². The van der Waals surface area contributed by atoms with Gasteiger partial charge in [-0.25, -0.2) is 12.8 Å². The molecule has 0 saturated heterocycles. The SMILES string of the molecule is COC(=O)C1CCCC1S(=O)(=O)Nc1ccc(F)cc1C. The maximum atomic E-state index is 13.1. The number of rotatable bonds is 4. The van der Waals surface area contributed by atoms with Gasteiger partial charge in [-0.15, -0.1) is 0 Å². The van der Waals surface area contributed by atoms with Gasteiger partial charge in [-0.3, -0.25) is 9.52 Å². The van der Waals surface area contributed by atoms with Crippen LogP contribution >= 0.6 is 0 Å². The zero-order chi connectivity index (χ0) is 15.6. The summed E-state index contributed by atoms with van der Waals surface area (Å²) < 4.78 is 45.1. The van der Waals surface area contributed by atoms with E-state index in [2.05, 4.69) is 9.46 Å². The lowest BCUT2D eigenvalue weighted by atomic mass is 10.1. The average Bonchev–Trinajstić information content (AvgIpc) is 2.91. The van der Waals surface area contributed by atoms with Crippen molar-refractivity contribution in [2.75, 3.05) is 11.8 Å². The van der Waals surface area contributed by atoms with Gasteiger partial charge in [-0.2, -0.15) is 0 Å². The molecule has 116 valence electrons. The number of esters is 1. The van der Waals surface area contributed by atoms with Crippen molar-refractivity contribution in [1.29, 1.82) is 0 Å². The zero-order valence-electron chi connectivity index (χ0n) is 11.9. The summed E-state index contributed by atoms with van der Waals surface area (Å²) in [6, 6.07) is 3.83. The zero-order valence-corrected chi connectivity index (χ0v) is 12.7. The first-order valence-electron chi connectivity index (χ1n) is 6.71. The quantitative estimate of drug-likeness (QED) is 0.865. The summed E-state index contributed by atoms with van der Waals surface area (Å²) in [7, 11) is -2.47. The molecule has 0 heterocycles. The van der Waals surface area contributed by atoms with Crippen LogP contribution in [-0.4, -0.2) is 26.7 Å². The van der Waals surface area contributed by atoms with Crippen LogP contribution in [0.1, 0.15) is 24.8 Å². The largest absolute Gasteiger partial charge is 0.469 e. The first-order chi connectivity index (χ1) is 9.85. The number of carbonyl (C=O) groups is 1. The number of hydrogen-bond acceptors (Lipinski definition) is 4. The second kappa shape index (κ2) is 6.01. The number of methoxy groups -OCH3 is 1. The van der Waals surface area contributed by atoms with Gasteiger partial charge in [0.1, 0.15) is 5.82 Å². The second-order valence-corrected chi connectivity index (χ2v) is 7.10. The van der Waals surface area contributed by atoms with E-state index in [0.717, 1.165) is 0 Å². The molecule has 2 atom stereocenters. The Morgan fingerprint density at radius 2 is 2.10 bits per heavy atom. The van der Waals surface area contributed by atoms with Crippen molar-refractivity contribution >= 4 is 21.7 Å². The molecule has 0 amide bonds. The minimum Gasteiger partial charge on any atom is -0.469 e. The molecule has 7 heteroatoms. The average molecular weight is 315 g/mol. The van der Waals surface area contributed by atoms with E-state index >= 15 is 0 Å². The molecule has 5 nitrogen and oxygen atoms in total. The van der Waals surface area contributed by atoms with E-state index in [1.165, 1.54) is 25.3 Å². The molecule has 0 aromatic heterocycles. The summed E-state index contributed by atoms with van der Waals surface area (Å²) in [6.45, 7) is 1.62. The fourth-order valence-corrected chi connectivity index (χ4v) is 4.53. The van der Waals surface area contributed by atoms with E-state index in [1.54, 1.807) is 6.92 Å². The molecule has 1 aromatic carbocycles. The van der Waals surface area contributed by atoms with Crippen LogP contribution in [0.2, 0.25) is 0 Å². The number of anilines is 1. The lowest BCUT2D eigenvalue weighted by Gasteiger charge is -2.19. The molecule has 21 heavy (non-hydrogen) atoms. The topological polar surface area (TPSA) is 72.5 Å². The smallest absolute Gasteiger partial charge is 0.310 e. The Kier molecular flexibility index (Phi) is 4.51. The highest BCUT2D eigenvalue weighted by Gasteiger charge is 2.42. The molecule has 1 aromatic rings. The van der Waals surface area contributed by atoms with Crippen molar-refractivity contribution in [2.45, 2.75) is 31.4 Å². The molecule has 1 aliphatic rings. The van der Waals surface area contributed by atoms with Gasteiger partial charge in [0.2, 0.25) is 10.0 Å². The number of carbonyl (C=O) groups excluding carboxylic acids is 1. The van der Waals surface area contributed by atoms with Crippen molar-refractivity contribution in [3.05, 3.63) is 29.6 Å². The highest BCUT2D eigenvalue weighted by Crippen LogP contribution is 2.33. The van der Waals surface area contributed by atoms with Crippen LogP contribution in [0, 0.1) is 18.7 Å². The molecule has 1 saturated carbocycles. The lowest BCUT2D eigenvalue weighted by Crippen LogP contribution is -2.35. The third kappa shape index (κ3) is 3.34. The Hall–Kier alpha value is -1.63. The number of ether oxygens (including phenoxy) is 1. The van der Waals surface area contributed by atoms with Gasteiger partial charge in [-0.05, 0) is 43.5 Å². The van der Waals surface area contributed by atoms with Gasteiger partial charge < -0.3 is 4.74 Å². The second-order valence-electron chi connectivity index (χ2n) is 5.21. The highest BCUT2D eigenvalue weighted by atomic mass is 32.2. The van der Waals surface area contributed by atoms with Crippen LogP contribution < -0.4 is 4.72 Å². The van der Waals surface area contributed by atoms with E-state index < -0.39 is 33.0 Å². The van der Waals surface area contributed by atoms with Crippen LogP contribution in [0.4, 0.5) is 10.1 Å². The van der Waals surface area contributed by atoms with E-state index in [9.17, 15) is 17.6 Å². The minimum atomic E-state index is -3.73. The van der Waals surface area contributed by atoms with E-state index in [-0.39, 0.29) is 0 Å². The van der Waals surface area contributed by atoms with Crippen LogP contribution in [0.3, 0.4) is 0 Å². The fourth-order valence-electron chi connectivity index (χ4n) is 2.69. The standard InChI is InChI=1S/C14H18FNO4S/c1-9-8-10(15)6-7-12(9)16-21(18,19)13-5-3-4-11(13)14(17)20-2/h6-8,11,13,16H,3-5H2,1-2H3. The Balaban J connectivity index is 2.23. The van der Waals surface area contributed by atoms with Gasteiger partial charge in [-0.1, -0.05) is 6.42 Å². The molecule has 2 rings (SSSR count). The van der Waals surface area contributed by atoms with Gasteiger partial charge in [0.05, 0.1) is 24.0 Å². The molecular formula is C14H18FNO4S. The van der Waals surface area contributed by atoms with Crippen molar-refractivity contribution < 1.29 is 22.3 Å². The number of halogens is 1. The van der Waals surface area contributed by atoms with Crippen molar-refractivity contribution in [2.24, 2.45) is 5.92 Å². The lowest BCUT2D eigenvalue weighted by molar-refractivity contribution is -0.145. The normalized spacial score (nSPS) is 22.0. The first kappa shape index (κ1) is 15.8. The van der Waals surface area contributed by atoms with Crippen molar-refractivity contribution in [1.82, 2.24) is 0 Å². The number of hydrogen-bond donors (Lipinski definition) is 1. The Morgan fingerprint density at radius 1 is 1.38 bits per heavy atom. The molecule has 1 N–H and O–H groups in total. The molecule has 1 aliphatic carbocycles. The first-order valence-corrected chi connectivity index (χ1v) is 8.25. The Labute approximate surface area is 123 Å². The third-order valence-corrected chi connectivity index (χ3v) is 5.66. The number of sulfonamides is 1. The summed E-state index contributed by atoms with van der Waals surface area (Å²) >= 11 is 0. The van der Waals surface area contributed by atoms with E-state index in [0.29, 0.717) is 30.5 Å². The van der Waals surface area contributed by atoms with Crippen LogP contribution in [-0.2, 0) is 19.6 Å². The van der Waals surface area contributed by atoms with Gasteiger partial charge >= 0.3 is 5.97 Å². The minimum absolute atomic E-state index is 0.326. The monoisotopic (exact) mass is 315 g/mol. The summed E-state index contributed by atoms with van der Waals surface area (Å²) in [5.41, 5.74) is 0.818. The maximum absolute atomic E-state index is 13.1. The van der Waals surface area contributed by atoms with Crippen LogP contribution in [0.25, 0.3) is 0 Å². The molecule has 0 bridgehead atoms. The Morgan fingerprint density at radius 3 is 2.71 bits per heavy atom. The number of aryl methyl sites for hydroxylation is 1. The van der Waals surface area contributed by atoms with E-state index in [1.807, 2.05) is 0 Å². The summed E-state index contributed by atoms with van der Waals surface area (Å²) in [5, 5.41) is -0.811. The van der Waals surface area contributed by atoms with Crippen LogP contribution in [0.5, 0.6) is 0 Å². The molecule has 1 fully saturated rings. The fraction of sp³-hybridized carbons (Fsp3) is 0.500. The predicted molar refractivity (Wildman–Crippen MR) is 76.8 cm³/mol. The molecule has 0 radical (unpaired) electrons. The third-order valence-electron chi connectivity index (χ3n) is 3.80. The van der Waals surface area contributed by atoms with Gasteiger partial charge in [0.15, 0.2) is 0 Å². The molecule has 2 unspecified atom stereocenters. The molecular weight excluding hydrogens is 297 g/mol. The predicted octanol–water partition coefficient (Wildman–Crippen LogP) is 2.22. The molecule has 0 spiro atoms. The maximum Gasteiger partial charge on any atom is 0.310 e. The van der Waals surface area contributed by atoms with Gasteiger partial charge in [0, 0.05) is 0 Å².